The second-order valence-electron chi connectivity index (χ2n) is 9.58. The van der Waals surface area contributed by atoms with Gasteiger partial charge in [-0.25, -0.2) is 4.79 Å². The van der Waals surface area contributed by atoms with Gasteiger partial charge in [-0.1, -0.05) is 38.8 Å². The van der Waals surface area contributed by atoms with Crippen molar-refractivity contribution in [3.8, 4) is 34.8 Å². The molecule has 1 aliphatic rings. The Labute approximate surface area is 241 Å². The number of carbonyl (C=O) groups is 1. The Kier molecular flexibility index (Phi) is 10.1. The molecule has 3 aromatic rings. The monoisotopic (exact) mass is 556 g/mol. The van der Waals surface area contributed by atoms with Crippen LogP contribution in [0.4, 0.5) is 0 Å². The summed E-state index contributed by atoms with van der Waals surface area (Å²) in [6.45, 7) is 7.75. The lowest BCUT2D eigenvalue weighted by molar-refractivity contribution is 0.0734. The molecule has 0 spiro atoms. The average molecular weight is 557 g/mol. The summed E-state index contributed by atoms with van der Waals surface area (Å²) in [6.07, 6.45) is 4.05. The predicted molar refractivity (Wildman–Crippen MR) is 156 cm³/mol. The van der Waals surface area contributed by atoms with Gasteiger partial charge in [0.05, 0.1) is 31.3 Å². The molecular weight excluding hydrogens is 520 g/mol. The minimum absolute atomic E-state index is 0.00556. The topological polar surface area (TPSA) is 113 Å². The van der Waals surface area contributed by atoms with Crippen LogP contribution in [-0.2, 0) is 0 Å². The molecular formula is C33H36N2O6. The van der Waals surface area contributed by atoms with Crippen molar-refractivity contribution in [2.24, 2.45) is 5.73 Å². The van der Waals surface area contributed by atoms with Crippen molar-refractivity contribution in [3.63, 3.8) is 0 Å². The fourth-order valence-electron chi connectivity index (χ4n) is 4.54. The van der Waals surface area contributed by atoms with Crippen LogP contribution < -0.4 is 29.4 Å². The summed E-state index contributed by atoms with van der Waals surface area (Å²) in [5, 5.41) is 9.98. The van der Waals surface area contributed by atoms with Gasteiger partial charge in [0.2, 0.25) is 5.88 Å². The van der Waals surface area contributed by atoms with Crippen LogP contribution in [0.15, 0.2) is 72.1 Å². The molecule has 2 N–H and O–H groups in total. The number of hydrogen-bond acceptors (Lipinski definition) is 8. The molecule has 0 radical (unpaired) electrons. The summed E-state index contributed by atoms with van der Waals surface area (Å²) in [5.74, 6) is 1.61. The van der Waals surface area contributed by atoms with Crippen molar-refractivity contribution < 1.29 is 28.5 Å². The Morgan fingerprint density at radius 3 is 2.37 bits per heavy atom. The Hall–Kier alpha value is -4.64. The first-order chi connectivity index (χ1) is 20.0. The molecule has 0 aromatic heterocycles. The Morgan fingerprint density at radius 1 is 0.878 bits per heavy atom. The predicted octanol–water partition coefficient (Wildman–Crippen LogP) is 6.88. The summed E-state index contributed by atoms with van der Waals surface area (Å²) in [7, 11) is 0. The van der Waals surface area contributed by atoms with Gasteiger partial charge in [0, 0.05) is 11.6 Å². The molecule has 0 fully saturated rings. The first-order valence-electron chi connectivity index (χ1n) is 14.0. The summed E-state index contributed by atoms with van der Waals surface area (Å²) >= 11 is 0. The molecule has 1 aliphatic heterocycles. The number of nitrogens with zero attached hydrogens (tertiary/aromatic N) is 1. The maximum atomic E-state index is 12.8. The second kappa shape index (κ2) is 14.1. The van der Waals surface area contributed by atoms with E-state index in [1.54, 1.807) is 42.5 Å². The minimum Gasteiger partial charge on any atom is -0.494 e. The van der Waals surface area contributed by atoms with Crippen LogP contribution in [0.5, 0.6) is 28.7 Å². The van der Waals surface area contributed by atoms with E-state index in [2.05, 4.69) is 13.0 Å². The fraction of sp³-hybridized carbons (Fsp3) is 0.333. The largest absolute Gasteiger partial charge is 0.494 e. The summed E-state index contributed by atoms with van der Waals surface area (Å²) < 4.78 is 28.9. The van der Waals surface area contributed by atoms with Gasteiger partial charge in [0.15, 0.2) is 11.5 Å². The summed E-state index contributed by atoms with van der Waals surface area (Å²) in [6, 6.07) is 19.7. The smallest absolute Gasteiger partial charge is 0.343 e. The highest BCUT2D eigenvalue weighted by molar-refractivity contribution is 5.91. The molecule has 1 unspecified atom stereocenters. The van der Waals surface area contributed by atoms with Gasteiger partial charge in [0.25, 0.3) is 0 Å². The molecule has 41 heavy (non-hydrogen) atoms. The molecule has 214 valence electrons. The highest BCUT2D eigenvalue weighted by Gasteiger charge is 2.32. The Morgan fingerprint density at radius 2 is 1.66 bits per heavy atom. The van der Waals surface area contributed by atoms with E-state index in [-0.39, 0.29) is 17.2 Å². The van der Waals surface area contributed by atoms with Crippen molar-refractivity contribution >= 4 is 5.97 Å². The molecule has 0 aliphatic carbocycles. The lowest BCUT2D eigenvalue weighted by Crippen LogP contribution is -2.21. The van der Waals surface area contributed by atoms with Crippen molar-refractivity contribution in [1.82, 2.24) is 0 Å². The van der Waals surface area contributed by atoms with Gasteiger partial charge in [-0.2, -0.15) is 5.26 Å². The Balaban J connectivity index is 1.59. The zero-order chi connectivity index (χ0) is 29.2. The first-order valence-corrected chi connectivity index (χ1v) is 14.0. The van der Waals surface area contributed by atoms with Crippen LogP contribution in [0, 0.1) is 11.3 Å². The first kappa shape index (κ1) is 29.3. The highest BCUT2D eigenvalue weighted by Crippen LogP contribution is 2.45. The summed E-state index contributed by atoms with van der Waals surface area (Å²) in [4.78, 5) is 12.8. The molecule has 3 aromatic carbocycles. The van der Waals surface area contributed by atoms with E-state index >= 15 is 0 Å². The van der Waals surface area contributed by atoms with Gasteiger partial charge < -0.3 is 29.4 Å². The van der Waals surface area contributed by atoms with Gasteiger partial charge in [0.1, 0.15) is 28.9 Å². The molecule has 0 amide bonds. The number of benzene rings is 3. The normalized spacial score (nSPS) is 14.0. The van der Waals surface area contributed by atoms with Gasteiger partial charge >= 0.3 is 5.97 Å². The van der Waals surface area contributed by atoms with Crippen LogP contribution in [0.1, 0.15) is 73.9 Å². The van der Waals surface area contributed by atoms with E-state index in [0.29, 0.717) is 53.9 Å². The van der Waals surface area contributed by atoms with Gasteiger partial charge in [-0.05, 0) is 67.8 Å². The van der Waals surface area contributed by atoms with Crippen molar-refractivity contribution in [2.45, 2.75) is 52.4 Å². The number of allylic oxidation sites excluding steroid dienone is 1. The molecule has 1 atom stereocenters. The third-order valence-corrected chi connectivity index (χ3v) is 6.57. The molecule has 4 rings (SSSR count). The number of fused-ring (bicyclic) bond motifs is 1. The van der Waals surface area contributed by atoms with E-state index in [1.807, 2.05) is 32.0 Å². The SMILES string of the molecule is CCCCCOc1ccc(C2C(C#N)=C(N)Oc3cc(OC(=O)c4ccc(OCCC)cc4)ccc32)cc1OCC. The maximum absolute atomic E-state index is 12.8. The third-order valence-electron chi connectivity index (χ3n) is 6.57. The number of nitriles is 1. The minimum atomic E-state index is -0.517. The Bertz CT molecular complexity index is 1420. The number of esters is 1. The van der Waals surface area contributed by atoms with Crippen LogP contribution in [0.25, 0.3) is 0 Å². The van der Waals surface area contributed by atoms with Gasteiger partial charge in [-0.3, -0.25) is 0 Å². The van der Waals surface area contributed by atoms with Crippen LogP contribution in [0.2, 0.25) is 0 Å². The van der Waals surface area contributed by atoms with E-state index < -0.39 is 11.9 Å². The summed E-state index contributed by atoms with van der Waals surface area (Å²) in [5.41, 5.74) is 8.39. The second-order valence-corrected chi connectivity index (χ2v) is 9.58. The van der Waals surface area contributed by atoms with E-state index in [0.717, 1.165) is 31.2 Å². The number of hydrogen-bond donors (Lipinski definition) is 1. The molecule has 8 heteroatoms. The molecule has 1 heterocycles. The van der Waals surface area contributed by atoms with Crippen LogP contribution in [-0.4, -0.2) is 25.8 Å². The van der Waals surface area contributed by atoms with Crippen molar-refractivity contribution in [2.75, 3.05) is 19.8 Å². The maximum Gasteiger partial charge on any atom is 0.343 e. The number of ether oxygens (including phenoxy) is 5. The molecule has 0 saturated heterocycles. The van der Waals surface area contributed by atoms with E-state index in [9.17, 15) is 10.1 Å². The van der Waals surface area contributed by atoms with Crippen molar-refractivity contribution in [1.29, 1.82) is 5.26 Å². The zero-order valence-electron chi connectivity index (χ0n) is 23.8. The van der Waals surface area contributed by atoms with E-state index in [4.69, 9.17) is 29.4 Å². The molecule has 0 bridgehead atoms. The average Bonchev–Trinajstić information content (AvgIpc) is 2.98. The van der Waals surface area contributed by atoms with Crippen molar-refractivity contribution in [3.05, 3.63) is 88.8 Å². The molecule has 0 saturated carbocycles. The lowest BCUT2D eigenvalue weighted by Gasteiger charge is -2.27. The highest BCUT2D eigenvalue weighted by atomic mass is 16.5. The molecule has 8 nitrogen and oxygen atoms in total. The fourth-order valence-corrected chi connectivity index (χ4v) is 4.54. The van der Waals surface area contributed by atoms with Crippen LogP contribution in [0.3, 0.4) is 0 Å². The number of unbranched alkanes of at least 4 members (excludes halogenated alkanes) is 2. The lowest BCUT2D eigenvalue weighted by atomic mass is 9.83. The van der Waals surface area contributed by atoms with Gasteiger partial charge in [-0.15, -0.1) is 0 Å². The number of rotatable bonds is 13. The third kappa shape index (κ3) is 7.12. The number of carbonyl (C=O) groups excluding carboxylic acids is 1. The zero-order valence-corrected chi connectivity index (χ0v) is 23.8. The van der Waals surface area contributed by atoms with Crippen LogP contribution >= 0.6 is 0 Å². The quantitative estimate of drug-likeness (QED) is 0.138. The number of nitrogens with two attached hydrogens (primary N) is 1. The standard InChI is InChI=1S/C33H36N2O6/c1-4-7-8-18-39-28-16-11-23(19-30(28)37-6-3)31-26-15-14-25(20-29(26)41-32(35)27(31)21-34)40-33(36)22-9-12-24(13-10-22)38-17-5-2/h9-16,19-20,31H,4-8,17-18,35H2,1-3H3. The van der Waals surface area contributed by atoms with E-state index in [1.165, 1.54) is 0 Å².